The van der Waals surface area contributed by atoms with Crippen LogP contribution in [0.1, 0.15) is 17.4 Å². The Kier molecular flexibility index (Phi) is 3.52. The molecular weight excluding hydrogens is 230 g/mol. The predicted molar refractivity (Wildman–Crippen MR) is 67.8 cm³/mol. The highest BCUT2D eigenvalue weighted by Gasteiger charge is 2.15. The molecule has 2 aromatic rings. The number of nitrogens with zero attached hydrogens (tertiary/aromatic N) is 2. The Balaban J connectivity index is 2.48. The van der Waals surface area contributed by atoms with Crippen molar-refractivity contribution in [2.75, 3.05) is 12.3 Å². The van der Waals surface area contributed by atoms with Crippen LogP contribution in [-0.2, 0) is 4.74 Å². The molecule has 0 spiro atoms. The van der Waals surface area contributed by atoms with Crippen LogP contribution in [0.5, 0.6) is 0 Å². The Labute approximate surface area is 105 Å². The minimum atomic E-state index is -0.441. The Morgan fingerprint density at radius 3 is 2.89 bits per heavy atom. The fourth-order valence-corrected chi connectivity index (χ4v) is 1.62. The van der Waals surface area contributed by atoms with Crippen LogP contribution in [-0.4, -0.2) is 22.5 Å². The number of ether oxygens (including phenoxy) is 1. The van der Waals surface area contributed by atoms with Crippen molar-refractivity contribution >= 4 is 11.8 Å². The molecule has 0 amide bonds. The highest BCUT2D eigenvalue weighted by molar-refractivity contribution is 5.95. The van der Waals surface area contributed by atoms with Crippen molar-refractivity contribution in [3.63, 3.8) is 0 Å². The number of hydrogen-bond acceptors (Lipinski definition) is 5. The van der Waals surface area contributed by atoms with Gasteiger partial charge in [-0.15, -0.1) is 0 Å². The van der Waals surface area contributed by atoms with Crippen LogP contribution in [0, 0.1) is 0 Å². The first kappa shape index (κ1) is 12.0. The van der Waals surface area contributed by atoms with Gasteiger partial charge in [0.05, 0.1) is 6.61 Å². The summed E-state index contributed by atoms with van der Waals surface area (Å²) in [5.74, 6) is -0.0466. The molecule has 0 unspecified atom stereocenters. The lowest BCUT2D eigenvalue weighted by Crippen LogP contribution is -2.08. The number of aromatic nitrogens is 2. The molecule has 2 aromatic heterocycles. The monoisotopic (exact) mass is 243 g/mol. The molecule has 2 N–H and O–H groups in total. The summed E-state index contributed by atoms with van der Waals surface area (Å²) in [4.78, 5) is 19.8. The average molecular weight is 243 g/mol. The maximum atomic E-state index is 11.8. The van der Waals surface area contributed by atoms with E-state index in [-0.39, 0.29) is 5.69 Å². The van der Waals surface area contributed by atoms with E-state index in [0.717, 1.165) is 5.56 Å². The molecule has 2 rings (SSSR count). The second-order valence-corrected chi connectivity index (χ2v) is 3.59. The Morgan fingerprint density at radius 1 is 1.33 bits per heavy atom. The molecule has 5 nitrogen and oxygen atoms in total. The van der Waals surface area contributed by atoms with Crippen molar-refractivity contribution in [1.29, 1.82) is 0 Å². The highest BCUT2D eigenvalue weighted by atomic mass is 16.5. The van der Waals surface area contributed by atoms with Crippen molar-refractivity contribution in [2.45, 2.75) is 6.92 Å². The summed E-state index contributed by atoms with van der Waals surface area (Å²) in [7, 11) is 0. The first-order valence-corrected chi connectivity index (χ1v) is 5.56. The summed E-state index contributed by atoms with van der Waals surface area (Å²) >= 11 is 0. The fourth-order valence-electron chi connectivity index (χ4n) is 1.62. The molecule has 5 heteroatoms. The molecule has 0 fully saturated rings. The van der Waals surface area contributed by atoms with Crippen molar-refractivity contribution < 1.29 is 9.53 Å². The molecule has 0 aliphatic carbocycles. The largest absolute Gasteiger partial charge is 0.461 e. The predicted octanol–water partition coefficient (Wildman–Crippen LogP) is 1.90. The highest BCUT2D eigenvalue weighted by Crippen LogP contribution is 2.23. The van der Waals surface area contributed by atoms with Crippen molar-refractivity contribution in [3.05, 3.63) is 42.4 Å². The standard InChI is InChI=1S/C13H13N3O2/c1-2-18-13(17)12-10(4-3-6-16-12)9-5-7-15-11(14)8-9/h3-8H,2H2,1H3,(H2,14,15). The van der Waals surface area contributed by atoms with E-state index in [1.807, 2.05) is 0 Å². The number of nitrogens with two attached hydrogens (primary N) is 1. The van der Waals surface area contributed by atoms with Crippen molar-refractivity contribution in [2.24, 2.45) is 0 Å². The van der Waals surface area contributed by atoms with Crippen LogP contribution in [0.25, 0.3) is 11.1 Å². The molecule has 0 aromatic carbocycles. The molecule has 0 atom stereocenters. The van der Waals surface area contributed by atoms with Crippen LogP contribution in [0.4, 0.5) is 5.82 Å². The van der Waals surface area contributed by atoms with E-state index in [0.29, 0.717) is 18.0 Å². The molecule has 0 saturated heterocycles. The summed E-state index contributed by atoms with van der Waals surface area (Å²) in [5, 5.41) is 0. The molecule has 0 aliphatic rings. The lowest BCUT2D eigenvalue weighted by molar-refractivity contribution is 0.0520. The molecule has 18 heavy (non-hydrogen) atoms. The zero-order valence-electron chi connectivity index (χ0n) is 9.96. The Morgan fingerprint density at radius 2 is 2.17 bits per heavy atom. The van der Waals surface area contributed by atoms with Gasteiger partial charge in [0.1, 0.15) is 5.82 Å². The third kappa shape index (κ3) is 2.45. The number of carbonyl (C=O) groups is 1. The molecule has 0 bridgehead atoms. The fraction of sp³-hybridized carbons (Fsp3) is 0.154. The summed E-state index contributed by atoms with van der Waals surface area (Å²) in [6.45, 7) is 2.07. The van der Waals surface area contributed by atoms with Gasteiger partial charge < -0.3 is 10.5 Å². The van der Waals surface area contributed by atoms with Crippen LogP contribution in [0.3, 0.4) is 0 Å². The van der Waals surface area contributed by atoms with Gasteiger partial charge in [0.25, 0.3) is 0 Å². The van der Waals surface area contributed by atoms with Gasteiger partial charge in [0.15, 0.2) is 5.69 Å². The minimum absolute atomic E-state index is 0.282. The maximum absolute atomic E-state index is 11.8. The first-order chi connectivity index (χ1) is 8.72. The zero-order valence-corrected chi connectivity index (χ0v) is 9.96. The lowest BCUT2D eigenvalue weighted by Gasteiger charge is -2.07. The summed E-state index contributed by atoms with van der Waals surface area (Å²) in [6.07, 6.45) is 3.15. The van der Waals surface area contributed by atoms with Gasteiger partial charge in [0.2, 0.25) is 0 Å². The van der Waals surface area contributed by atoms with Gasteiger partial charge >= 0.3 is 5.97 Å². The number of esters is 1. The van der Waals surface area contributed by atoms with Crippen LogP contribution < -0.4 is 5.73 Å². The van der Waals surface area contributed by atoms with E-state index >= 15 is 0 Å². The zero-order chi connectivity index (χ0) is 13.0. The third-order valence-corrected chi connectivity index (χ3v) is 2.37. The van der Waals surface area contributed by atoms with Crippen molar-refractivity contribution in [3.8, 4) is 11.1 Å². The molecular formula is C13H13N3O2. The van der Waals surface area contributed by atoms with E-state index in [1.165, 1.54) is 0 Å². The van der Waals surface area contributed by atoms with Gasteiger partial charge in [-0.3, -0.25) is 0 Å². The SMILES string of the molecule is CCOC(=O)c1ncccc1-c1ccnc(N)c1. The van der Waals surface area contributed by atoms with Crippen molar-refractivity contribution in [1.82, 2.24) is 9.97 Å². The number of anilines is 1. The number of pyridine rings is 2. The average Bonchev–Trinajstić information content (AvgIpc) is 2.39. The number of rotatable bonds is 3. The van der Waals surface area contributed by atoms with E-state index in [2.05, 4.69) is 9.97 Å². The second-order valence-electron chi connectivity index (χ2n) is 3.59. The Hall–Kier alpha value is -2.43. The summed E-state index contributed by atoms with van der Waals surface area (Å²) < 4.78 is 4.97. The Bertz CT molecular complexity index is 570. The van der Waals surface area contributed by atoms with Gasteiger partial charge in [-0.1, -0.05) is 6.07 Å². The molecule has 0 aliphatic heterocycles. The first-order valence-electron chi connectivity index (χ1n) is 5.56. The quantitative estimate of drug-likeness (QED) is 0.833. The number of nitrogen functional groups attached to an aromatic ring is 1. The van der Waals surface area contributed by atoms with Crippen LogP contribution in [0.15, 0.2) is 36.7 Å². The smallest absolute Gasteiger partial charge is 0.357 e. The van der Waals surface area contributed by atoms with Crippen LogP contribution in [0.2, 0.25) is 0 Å². The molecule has 92 valence electrons. The summed E-state index contributed by atoms with van der Waals surface area (Å²) in [5.41, 5.74) is 7.39. The topological polar surface area (TPSA) is 78.1 Å². The van der Waals surface area contributed by atoms with Gasteiger partial charge in [-0.05, 0) is 30.7 Å². The lowest BCUT2D eigenvalue weighted by atomic mass is 10.1. The van der Waals surface area contributed by atoms with Gasteiger partial charge in [0, 0.05) is 18.0 Å². The van der Waals surface area contributed by atoms with Gasteiger partial charge in [-0.25, -0.2) is 14.8 Å². The third-order valence-electron chi connectivity index (χ3n) is 2.37. The van der Waals surface area contributed by atoms with Gasteiger partial charge in [-0.2, -0.15) is 0 Å². The van der Waals surface area contributed by atoms with E-state index < -0.39 is 5.97 Å². The molecule has 0 radical (unpaired) electrons. The second kappa shape index (κ2) is 5.27. The molecule has 2 heterocycles. The van der Waals surface area contributed by atoms with E-state index in [9.17, 15) is 4.79 Å². The van der Waals surface area contributed by atoms with E-state index in [1.54, 1.807) is 43.6 Å². The maximum Gasteiger partial charge on any atom is 0.357 e. The summed E-state index contributed by atoms with van der Waals surface area (Å²) in [6, 6.07) is 7.03. The normalized spacial score (nSPS) is 10.1. The van der Waals surface area contributed by atoms with E-state index in [4.69, 9.17) is 10.5 Å². The molecule has 0 saturated carbocycles. The number of hydrogen-bond donors (Lipinski definition) is 1. The number of carbonyl (C=O) groups excluding carboxylic acids is 1. The van der Waals surface area contributed by atoms with Crippen LogP contribution >= 0.6 is 0 Å². The minimum Gasteiger partial charge on any atom is -0.461 e.